The molecule has 0 aliphatic rings. The number of aliphatic carboxylic acids is 1. The van der Waals surface area contributed by atoms with E-state index in [9.17, 15) is 14.4 Å². The lowest BCUT2D eigenvalue weighted by Crippen LogP contribution is -2.43. The van der Waals surface area contributed by atoms with Gasteiger partial charge in [0.15, 0.2) is 0 Å². The molecule has 0 bridgehead atoms. The van der Waals surface area contributed by atoms with Crippen molar-refractivity contribution < 1.29 is 19.5 Å². The average molecular weight is 188 g/mol. The van der Waals surface area contributed by atoms with E-state index in [1.165, 1.54) is 6.92 Å². The number of nitrogens with one attached hydrogen (secondary N) is 1. The van der Waals surface area contributed by atoms with E-state index in [1.807, 2.05) is 0 Å². The Morgan fingerprint density at radius 1 is 1.46 bits per heavy atom. The largest absolute Gasteiger partial charge is 0.481 e. The number of carbonyl (C=O) groups is 3. The van der Waals surface area contributed by atoms with Crippen LogP contribution in [0.3, 0.4) is 0 Å². The highest BCUT2D eigenvalue weighted by Crippen LogP contribution is 1.87. The van der Waals surface area contributed by atoms with E-state index in [-0.39, 0.29) is 12.3 Å². The van der Waals surface area contributed by atoms with Gasteiger partial charge in [-0.2, -0.15) is 0 Å². The summed E-state index contributed by atoms with van der Waals surface area (Å²) in [6, 6.07) is -1.10. The fourth-order valence-electron chi connectivity index (χ4n) is 0.624. The summed E-state index contributed by atoms with van der Waals surface area (Å²) in [5.74, 6) is -1.99. The van der Waals surface area contributed by atoms with E-state index in [0.29, 0.717) is 0 Å². The first-order chi connectivity index (χ1) is 5.93. The van der Waals surface area contributed by atoms with Crippen LogP contribution >= 0.6 is 0 Å². The fraction of sp³-hybridized carbons (Fsp3) is 0.571. The maximum absolute atomic E-state index is 10.9. The van der Waals surface area contributed by atoms with Gasteiger partial charge in [-0.3, -0.25) is 14.4 Å². The zero-order valence-corrected chi connectivity index (χ0v) is 7.24. The number of Topliss-reactive ketones (excluding diaryl/α,β-unsaturated/α-hetero) is 1. The van der Waals surface area contributed by atoms with Crippen LogP contribution in [0.5, 0.6) is 0 Å². The Balaban J connectivity index is 3.82. The predicted octanol–water partition coefficient (Wildman–Crippen LogP) is -1.51. The normalized spacial score (nSPS) is 11.8. The molecule has 0 aromatic carbocycles. The van der Waals surface area contributed by atoms with Crippen molar-refractivity contribution in [2.24, 2.45) is 5.73 Å². The summed E-state index contributed by atoms with van der Waals surface area (Å²) in [4.78, 5) is 31.5. The van der Waals surface area contributed by atoms with Crippen LogP contribution in [0.1, 0.15) is 13.3 Å². The maximum Gasteiger partial charge on any atom is 0.305 e. The summed E-state index contributed by atoms with van der Waals surface area (Å²) in [5, 5.41) is 10.5. The molecule has 0 rings (SSSR count). The standard InChI is InChI=1S/C7H12N2O4/c1-4(10)3-9-7(13)5(8)2-6(11)12/h5H,2-3,8H2,1H3,(H,9,13)(H,11,12). The van der Waals surface area contributed by atoms with E-state index in [1.54, 1.807) is 0 Å². The van der Waals surface area contributed by atoms with E-state index >= 15 is 0 Å². The van der Waals surface area contributed by atoms with E-state index in [0.717, 1.165) is 0 Å². The van der Waals surface area contributed by atoms with Crippen LogP contribution in [0, 0.1) is 0 Å². The molecule has 1 amide bonds. The minimum atomic E-state index is -1.15. The molecular weight excluding hydrogens is 176 g/mol. The third kappa shape index (κ3) is 5.80. The first kappa shape index (κ1) is 11.6. The van der Waals surface area contributed by atoms with Crippen molar-refractivity contribution in [1.82, 2.24) is 5.32 Å². The van der Waals surface area contributed by atoms with Crippen LogP contribution in [0.4, 0.5) is 0 Å². The highest BCUT2D eigenvalue weighted by molar-refractivity contribution is 5.89. The van der Waals surface area contributed by atoms with Gasteiger partial charge < -0.3 is 16.2 Å². The summed E-state index contributed by atoms with van der Waals surface area (Å²) < 4.78 is 0. The maximum atomic E-state index is 10.9. The molecular formula is C7H12N2O4. The van der Waals surface area contributed by atoms with Gasteiger partial charge in [0.25, 0.3) is 0 Å². The number of carboxylic acid groups (broad SMARTS) is 1. The Labute approximate surface area is 75.1 Å². The third-order valence-electron chi connectivity index (χ3n) is 1.24. The smallest absolute Gasteiger partial charge is 0.305 e. The third-order valence-corrected chi connectivity index (χ3v) is 1.24. The molecule has 0 aromatic heterocycles. The van der Waals surface area contributed by atoms with Gasteiger partial charge in [-0.15, -0.1) is 0 Å². The summed E-state index contributed by atoms with van der Waals surface area (Å²) in [6.45, 7) is 1.19. The van der Waals surface area contributed by atoms with Crippen molar-refractivity contribution in [3.63, 3.8) is 0 Å². The molecule has 1 atom stereocenters. The summed E-state index contributed by atoms with van der Waals surface area (Å²) in [5.41, 5.74) is 5.20. The molecule has 74 valence electrons. The Bertz CT molecular complexity index is 227. The average Bonchev–Trinajstić information content (AvgIpc) is 1.98. The Morgan fingerprint density at radius 3 is 2.38 bits per heavy atom. The number of nitrogens with two attached hydrogens (primary N) is 1. The van der Waals surface area contributed by atoms with Crippen LogP contribution in [0.25, 0.3) is 0 Å². The summed E-state index contributed by atoms with van der Waals surface area (Å²) in [6.07, 6.45) is -0.441. The Morgan fingerprint density at radius 2 is 2.00 bits per heavy atom. The Kier molecular flexibility index (Phi) is 4.68. The van der Waals surface area contributed by atoms with Gasteiger partial charge >= 0.3 is 5.97 Å². The first-order valence-electron chi connectivity index (χ1n) is 3.68. The zero-order valence-electron chi connectivity index (χ0n) is 7.24. The van der Waals surface area contributed by atoms with Gasteiger partial charge in [0.1, 0.15) is 5.78 Å². The van der Waals surface area contributed by atoms with E-state index in [2.05, 4.69) is 5.32 Å². The number of amides is 1. The monoisotopic (exact) mass is 188 g/mol. The summed E-state index contributed by atoms with van der Waals surface area (Å²) >= 11 is 0. The topological polar surface area (TPSA) is 109 Å². The number of hydrogen-bond donors (Lipinski definition) is 3. The number of carbonyl (C=O) groups excluding carboxylic acids is 2. The molecule has 4 N–H and O–H groups in total. The van der Waals surface area contributed by atoms with Gasteiger partial charge in [-0.25, -0.2) is 0 Å². The van der Waals surface area contributed by atoms with Gasteiger partial charge in [-0.1, -0.05) is 0 Å². The number of hydrogen-bond acceptors (Lipinski definition) is 4. The van der Waals surface area contributed by atoms with Crippen molar-refractivity contribution in [1.29, 1.82) is 0 Å². The van der Waals surface area contributed by atoms with Crippen LogP contribution in [-0.2, 0) is 14.4 Å². The second-order valence-electron chi connectivity index (χ2n) is 2.62. The molecule has 0 aliphatic heterocycles. The molecule has 0 fully saturated rings. The van der Waals surface area contributed by atoms with Crippen LogP contribution in [0.15, 0.2) is 0 Å². The molecule has 13 heavy (non-hydrogen) atoms. The molecule has 0 spiro atoms. The minimum absolute atomic E-state index is 0.119. The first-order valence-corrected chi connectivity index (χ1v) is 3.68. The summed E-state index contributed by atoms with van der Waals surface area (Å²) in [7, 11) is 0. The quantitative estimate of drug-likeness (QED) is 0.486. The lowest BCUT2D eigenvalue weighted by Gasteiger charge is -2.08. The van der Waals surface area contributed by atoms with Crippen molar-refractivity contribution in [3.8, 4) is 0 Å². The molecule has 0 aromatic rings. The van der Waals surface area contributed by atoms with Crippen molar-refractivity contribution in [2.45, 2.75) is 19.4 Å². The molecule has 6 heteroatoms. The van der Waals surface area contributed by atoms with Crippen molar-refractivity contribution >= 4 is 17.7 Å². The molecule has 0 saturated carbocycles. The minimum Gasteiger partial charge on any atom is -0.481 e. The van der Waals surface area contributed by atoms with Crippen molar-refractivity contribution in [2.75, 3.05) is 6.54 Å². The highest BCUT2D eigenvalue weighted by atomic mass is 16.4. The van der Waals surface area contributed by atoms with E-state index in [4.69, 9.17) is 10.8 Å². The number of carboxylic acids is 1. The molecule has 6 nitrogen and oxygen atoms in total. The number of ketones is 1. The van der Waals surface area contributed by atoms with Gasteiger partial charge in [0, 0.05) is 0 Å². The van der Waals surface area contributed by atoms with Crippen LogP contribution in [-0.4, -0.2) is 35.4 Å². The van der Waals surface area contributed by atoms with Crippen LogP contribution in [0.2, 0.25) is 0 Å². The van der Waals surface area contributed by atoms with Gasteiger partial charge in [0.05, 0.1) is 19.0 Å². The second-order valence-corrected chi connectivity index (χ2v) is 2.62. The second kappa shape index (κ2) is 5.26. The lowest BCUT2D eigenvalue weighted by atomic mass is 10.2. The molecule has 1 unspecified atom stereocenters. The van der Waals surface area contributed by atoms with Crippen molar-refractivity contribution in [3.05, 3.63) is 0 Å². The molecule has 0 aliphatic carbocycles. The molecule has 0 heterocycles. The molecule has 0 radical (unpaired) electrons. The highest BCUT2D eigenvalue weighted by Gasteiger charge is 2.16. The van der Waals surface area contributed by atoms with Gasteiger partial charge in [0.2, 0.25) is 5.91 Å². The Hall–Kier alpha value is -1.43. The fourth-order valence-corrected chi connectivity index (χ4v) is 0.624. The van der Waals surface area contributed by atoms with Crippen LogP contribution < -0.4 is 11.1 Å². The SMILES string of the molecule is CC(=O)CNC(=O)C(N)CC(=O)O. The number of rotatable bonds is 5. The zero-order chi connectivity index (χ0) is 10.4. The van der Waals surface area contributed by atoms with Gasteiger partial charge in [-0.05, 0) is 6.92 Å². The van der Waals surface area contributed by atoms with E-state index < -0.39 is 24.3 Å². The molecule has 0 saturated heterocycles. The lowest BCUT2D eigenvalue weighted by molar-refractivity contribution is -0.139. The predicted molar refractivity (Wildman–Crippen MR) is 43.9 cm³/mol.